The van der Waals surface area contributed by atoms with Crippen molar-refractivity contribution in [3.63, 3.8) is 0 Å². The van der Waals surface area contributed by atoms with E-state index in [4.69, 9.17) is 4.74 Å². The minimum atomic E-state index is -0.464. The predicted molar refractivity (Wildman–Crippen MR) is 108 cm³/mol. The molecule has 0 saturated heterocycles. The van der Waals surface area contributed by atoms with Gasteiger partial charge in [0.05, 0.1) is 0 Å². The Balaban J connectivity index is 1.80. The monoisotopic (exact) mass is 400 g/mol. The third-order valence-electron chi connectivity index (χ3n) is 4.21. The summed E-state index contributed by atoms with van der Waals surface area (Å²) < 4.78 is 33.2. The fourth-order valence-electron chi connectivity index (χ4n) is 2.60. The van der Waals surface area contributed by atoms with Crippen LogP contribution in [0, 0.1) is 11.6 Å². The maximum Gasteiger partial charge on any atom is 0.223 e. The van der Waals surface area contributed by atoms with Crippen molar-refractivity contribution in [2.45, 2.75) is 44.0 Å². The first-order chi connectivity index (χ1) is 13.4. The molecule has 0 amide bonds. The Morgan fingerprint density at radius 1 is 1.04 bits per heavy atom. The Bertz CT molecular complexity index is 963. The van der Waals surface area contributed by atoms with Gasteiger partial charge < -0.3 is 4.74 Å². The van der Waals surface area contributed by atoms with E-state index < -0.39 is 11.6 Å². The zero-order valence-corrected chi connectivity index (χ0v) is 16.9. The number of thioether (sulfide) groups is 1. The fraction of sp³-hybridized carbons (Fsp3) is 0.273. The average molecular weight is 400 g/mol. The highest BCUT2D eigenvalue weighted by Gasteiger charge is 2.10. The second kappa shape index (κ2) is 9.15. The zero-order valence-electron chi connectivity index (χ0n) is 16.1. The van der Waals surface area contributed by atoms with Crippen LogP contribution >= 0.6 is 11.8 Å². The molecule has 2 aromatic carbocycles. The van der Waals surface area contributed by atoms with Gasteiger partial charge in [-0.1, -0.05) is 44.7 Å². The van der Waals surface area contributed by atoms with E-state index in [9.17, 15) is 8.78 Å². The van der Waals surface area contributed by atoms with Gasteiger partial charge in [0.15, 0.2) is 5.16 Å². The average Bonchev–Trinajstić information content (AvgIpc) is 2.68. The smallest absolute Gasteiger partial charge is 0.223 e. The summed E-state index contributed by atoms with van der Waals surface area (Å²) in [7, 11) is 0. The van der Waals surface area contributed by atoms with Gasteiger partial charge in [-0.3, -0.25) is 0 Å². The number of benzene rings is 2. The zero-order chi connectivity index (χ0) is 20.1. The van der Waals surface area contributed by atoms with E-state index in [1.54, 1.807) is 6.07 Å². The lowest BCUT2D eigenvalue weighted by molar-refractivity contribution is 0.453. The molecular formula is C22H22F2N2OS. The maximum atomic E-state index is 13.8. The lowest BCUT2D eigenvalue weighted by Gasteiger charge is -2.11. The molecule has 0 aliphatic heterocycles. The molecule has 0 radical (unpaired) electrons. The Morgan fingerprint density at radius 2 is 1.86 bits per heavy atom. The number of nitrogens with zero attached hydrogens (tertiary/aromatic N) is 2. The maximum absolute atomic E-state index is 13.8. The Kier molecular flexibility index (Phi) is 6.62. The van der Waals surface area contributed by atoms with Crippen molar-refractivity contribution < 1.29 is 13.5 Å². The van der Waals surface area contributed by atoms with Crippen molar-refractivity contribution in [2.24, 2.45) is 0 Å². The van der Waals surface area contributed by atoms with Crippen molar-refractivity contribution in [1.29, 1.82) is 0 Å². The van der Waals surface area contributed by atoms with Crippen LogP contribution < -0.4 is 4.74 Å². The number of hydrogen-bond acceptors (Lipinski definition) is 4. The first kappa shape index (κ1) is 20.3. The molecule has 0 N–H and O–H groups in total. The van der Waals surface area contributed by atoms with Gasteiger partial charge in [0, 0.05) is 23.1 Å². The molecule has 0 fully saturated rings. The normalized spacial score (nSPS) is 11.1. The predicted octanol–water partition coefficient (Wildman–Crippen LogP) is 6.53. The van der Waals surface area contributed by atoms with Gasteiger partial charge >= 0.3 is 0 Å². The molecule has 28 heavy (non-hydrogen) atoms. The van der Waals surface area contributed by atoms with E-state index in [2.05, 4.69) is 29.9 Å². The van der Waals surface area contributed by atoms with Crippen LogP contribution in [0.5, 0.6) is 11.6 Å². The number of ether oxygens (including phenoxy) is 1. The highest BCUT2D eigenvalue weighted by Crippen LogP contribution is 2.28. The molecule has 0 saturated carbocycles. The van der Waals surface area contributed by atoms with Crippen LogP contribution in [0.2, 0.25) is 0 Å². The molecule has 3 nitrogen and oxygen atoms in total. The highest BCUT2D eigenvalue weighted by atomic mass is 32.2. The van der Waals surface area contributed by atoms with Crippen LogP contribution in [0.4, 0.5) is 8.78 Å². The third-order valence-corrected chi connectivity index (χ3v) is 5.11. The van der Waals surface area contributed by atoms with Crippen molar-refractivity contribution in [2.75, 3.05) is 0 Å². The number of aromatic nitrogens is 2. The molecule has 1 heterocycles. The van der Waals surface area contributed by atoms with Crippen molar-refractivity contribution in [3.8, 4) is 11.6 Å². The summed E-state index contributed by atoms with van der Waals surface area (Å²) in [4.78, 5) is 8.89. The molecule has 0 aliphatic carbocycles. The minimum Gasteiger partial charge on any atom is -0.439 e. The van der Waals surface area contributed by atoms with E-state index in [-0.39, 0.29) is 11.3 Å². The Hall–Kier alpha value is -2.47. The van der Waals surface area contributed by atoms with E-state index in [0.717, 1.165) is 17.8 Å². The first-order valence-corrected chi connectivity index (χ1v) is 10.2. The van der Waals surface area contributed by atoms with Gasteiger partial charge in [0.1, 0.15) is 17.4 Å². The topological polar surface area (TPSA) is 35.0 Å². The molecule has 6 heteroatoms. The molecule has 3 aromatic rings. The summed E-state index contributed by atoms with van der Waals surface area (Å²) in [5.41, 5.74) is 2.29. The van der Waals surface area contributed by atoms with Gasteiger partial charge in [0.25, 0.3) is 0 Å². The molecule has 146 valence electrons. The van der Waals surface area contributed by atoms with Crippen LogP contribution in [0.3, 0.4) is 0 Å². The first-order valence-electron chi connectivity index (χ1n) is 9.17. The molecule has 0 spiro atoms. The van der Waals surface area contributed by atoms with Crippen LogP contribution in [0.15, 0.2) is 53.7 Å². The van der Waals surface area contributed by atoms with Crippen LogP contribution in [-0.4, -0.2) is 9.97 Å². The van der Waals surface area contributed by atoms with Crippen molar-refractivity contribution in [3.05, 3.63) is 77.0 Å². The summed E-state index contributed by atoms with van der Waals surface area (Å²) in [5, 5.41) is 0.470. The van der Waals surface area contributed by atoms with Gasteiger partial charge in [-0.15, -0.1) is 0 Å². The molecular weight excluding hydrogens is 378 g/mol. The van der Waals surface area contributed by atoms with Gasteiger partial charge in [-0.25, -0.2) is 13.8 Å². The Morgan fingerprint density at radius 3 is 2.61 bits per heavy atom. The molecule has 1 aromatic heterocycles. The van der Waals surface area contributed by atoms with Gasteiger partial charge in [0.2, 0.25) is 5.88 Å². The number of hydrogen-bond donors (Lipinski definition) is 0. The van der Waals surface area contributed by atoms with Crippen LogP contribution in [0.1, 0.15) is 43.5 Å². The standard InChI is InChI=1S/C22H22F2N2OS/c1-4-18-12-21(27-19-7-5-6-15(11-19)14(2)3)26-22(25-18)28-13-16-10-17(23)8-9-20(16)24/h5-12,14H,4,13H2,1-3H3. The summed E-state index contributed by atoms with van der Waals surface area (Å²) in [6.45, 7) is 6.24. The molecule has 0 atom stereocenters. The quantitative estimate of drug-likeness (QED) is 0.334. The lowest BCUT2D eigenvalue weighted by Crippen LogP contribution is -1.98. The van der Waals surface area contributed by atoms with E-state index in [0.29, 0.717) is 29.1 Å². The summed E-state index contributed by atoms with van der Waals surface area (Å²) in [5.74, 6) is 0.872. The second-order valence-corrected chi connectivity index (χ2v) is 7.63. The molecule has 0 unspecified atom stereocenters. The van der Waals surface area contributed by atoms with Gasteiger partial charge in [-0.05, 0) is 48.2 Å². The Labute approximate surface area is 168 Å². The number of aryl methyl sites for hydroxylation is 1. The van der Waals surface area contributed by atoms with Crippen LogP contribution in [0.25, 0.3) is 0 Å². The van der Waals surface area contributed by atoms with E-state index in [1.807, 2.05) is 25.1 Å². The van der Waals surface area contributed by atoms with Gasteiger partial charge in [-0.2, -0.15) is 4.98 Å². The molecule has 3 rings (SSSR count). The third kappa shape index (κ3) is 5.29. The van der Waals surface area contributed by atoms with Crippen LogP contribution in [-0.2, 0) is 12.2 Å². The van der Waals surface area contributed by atoms with Crippen molar-refractivity contribution in [1.82, 2.24) is 9.97 Å². The highest BCUT2D eigenvalue weighted by molar-refractivity contribution is 7.98. The minimum absolute atomic E-state index is 0.235. The SMILES string of the molecule is CCc1cc(Oc2cccc(C(C)C)c2)nc(SCc2cc(F)ccc2F)n1. The fourth-order valence-corrected chi connectivity index (χ4v) is 3.44. The molecule has 0 bridgehead atoms. The summed E-state index contributed by atoms with van der Waals surface area (Å²) in [6, 6.07) is 13.1. The second-order valence-electron chi connectivity index (χ2n) is 6.69. The summed E-state index contributed by atoms with van der Waals surface area (Å²) >= 11 is 1.25. The molecule has 0 aliphatic rings. The van der Waals surface area contributed by atoms with E-state index in [1.165, 1.54) is 23.4 Å². The number of halogens is 2. The summed E-state index contributed by atoms with van der Waals surface area (Å²) in [6.07, 6.45) is 0.715. The lowest BCUT2D eigenvalue weighted by atomic mass is 10.0. The van der Waals surface area contributed by atoms with E-state index >= 15 is 0 Å². The van der Waals surface area contributed by atoms with Crippen molar-refractivity contribution >= 4 is 11.8 Å². The largest absolute Gasteiger partial charge is 0.439 e. The number of rotatable bonds is 7.